The van der Waals surface area contributed by atoms with Gasteiger partial charge in [0, 0.05) is 63.6 Å². The minimum Gasteiger partial charge on any atom is -0.508 e. The van der Waals surface area contributed by atoms with Gasteiger partial charge in [-0.15, -0.1) is 0 Å². The molecule has 0 saturated carbocycles. The Kier molecular flexibility index (Phi) is 7.00. The summed E-state index contributed by atoms with van der Waals surface area (Å²) in [4.78, 5) is 11.2. The van der Waals surface area contributed by atoms with Crippen LogP contribution in [0.25, 0.3) is 10.9 Å². The number of H-pyrrole nitrogens is 1. The molecule has 1 unspecified atom stereocenters. The van der Waals surface area contributed by atoms with Crippen LogP contribution in [0.3, 0.4) is 0 Å². The first-order valence-electron chi connectivity index (χ1n) is 12.7. The first-order chi connectivity index (χ1) is 16.2. The highest BCUT2D eigenvalue weighted by Crippen LogP contribution is 2.30. The predicted octanol–water partition coefficient (Wildman–Crippen LogP) is 4.26. The van der Waals surface area contributed by atoms with Gasteiger partial charge in [0.2, 0.25) is 0 Å². The monoisotopic (exact) mass is 446 g/mol. The molecule has 1 aliphatic carbocycles. The van der Waals surface area contributed by atoms with Crippen molar-refractivity contribution < 1.29 is 5.11 Å². The number of nitrogens with one attached hydrogen (secondary N) is 1. The molecule has 1 saturated heterocycles. The fourth-order valence-corrected chi connectivity index (χ4v) is 5.74. The Morgan fingerprint density at radius 3 is 2.73 bits per heavy atom. The van der Waals surface area contributed by atoms with Gasteiger partial charge in [0.25, 0.3) is 0 Å². The molecule has 0 radical (unpaired) electrons. The molecule has 0 bridgehead atoms. The number of phenols is 1. The summed E-state index contributed by atoms with van der Waals surface area (Å²) in [6.07, 6.45) is 6.45. The molecule has 2 heterocycles. The van der Waals surface area contributed by atoms with Gasteiger partial charge in [-0.2, -0.15) is 0 Å². The fraction of sp³-hybridized carbons (Fsp3) is 0.500. The van der Waals surface area contributed by atoms with Crippen molar-refractivity contribution in [2.75, 3.05) is 45.8 Å². The average molecular weight is 447 g/mol. The van der Waals surface area contributed by atoms with E-state index in [1.807, 2.05) is 18.3 Å². The molecular weight excluding hydrogens is 408 g/mol. The van der Waals surface area contributed by atoms with Crippen LogP contribution < -0.4 is 0 Å². The molecule has 1 aromatic heterocycles. The van der Waals surface area contributed by atoms with E-state index >= 15 is 0 Å². The lowest BCUT2D eigenvalue weighted by atomic mass is 9.87. The number of aromatic amines is 1. The van der Waals surface area contributed by atoms with Crippen LogP contribution in [0.2, 0.25) is 0 Å². The highest BCUT2D eigenvalue weighted by molar-refractivity contribution is 5.79. The third-order valence-electron chi connectivity index (χ3n) is 7.65. The number of hydrogen-bond donors (Lipinski definition) is 2. The van der Waals surface area contributed by atoms with Crippen LogP contribution in [0.15, 0.2) is 48.7 Å². The average Bonchev–Trinajstić information content (AvgIpc) is 3.31. The van der Waals surface area contributed by atoms with E-state index < -0.39 is 0 Å². The minimum absolute atomic E-state index is 0.485. The molecule has 33 heavy (non-hydrogen) atoms. The second-order valence-electron chi connectivity index (χ2n) is 9.86. The van der Waals surface area contributed by atoms with E-state index in [-0.39, 0.29) is 0 Å². The van der Waals surface area contributed by atoms with Gasteiger partial charge in [-0.25, -0.2) is 0 Å². The summed E-state index contributed by atoms with van der Waals surface area (Å²) < 4.78 is 0. The summed E-state index contributed by atoms with van der Waals surface area (Å²) in [5.41, 5.74) is 5.16. The van der Waals surface area contributed by atoms with Crippen LogP contribution >= 0.6 is 0 Å². The number of rotatable bonds is 8. The zero-order valence-corrected chi connectivity index (χ0v) is 20.0. The Hall–Kier alpha value is -2.34. The van der Waals surface area contributed by atoms with E-state index in [1.165, 1.54) is 40.6 Å². The van der Waals surface area contributed by atoms with Gasteiger partial charge >= 0.3 is 0 Å². The van der Waals surface area contributed by atoms with E-state index in [0.29, 0.717) is 11.8 Å². The maximum absolute atomic E-state index is 10.2. The fourth-order valence-electron chi connectivity index (χ4n) is 5.74. The maximum atomic E-state index is 10.2. The summed E-state index contributed by atoms with van der Waals surface area (Å²) >= 11 is 0. The van der Waals surface area contributed by atoms with E-state index in [4.69, 9.17) is 0 Å². The van der Waals surface area contributed by atoms with E-state index in [9.17, 15) is 5.11 Å². The first-order valence-corrected chi connectivity index (χ1v) is 12.7. The van der Waals surface area contributed by atoms with Crippen LogP contribution in [0.1, 0.15) is 36.5 Å². The second-order valence-corrected chi connectivity index (χ2v) is 9.86. The Morgan fingerprint density at radius 2 is 1.88 bits per heavy atom. The van der Waals surface area contributed by atoms with Crippen molar-refractivity contribution in [1.29, 1.82) is 0 Å². The summed E-state index contributed by atoms with van der Waals surface area (Å²) in [7, 11) is 0. The Balaban J connectivity index is 1.11. The number of hydrogen-bond acceptors (Lipinski definition) is 4. The standard InChI is InChI=1S/C28H38N4O/c1-2-12-32(25-7-8-26-23(20-25)4-3-5-28(26)33)18-17-30-13-15-31(16-14-30)21-22-6-9-27-24(19-22)10-11-29-27/h3-6,9-11,19,25,29,33H,2,7-8,12-18,20-21H2,1H3. The van der Waals surface area contributed by atoms with Crippen LogP contribution in [0.5, 0.6) is 5.75 Å². The Labute approximate surface area is 198 Å². The molecule has 2 N–H and O–H groups in total. The van der Waals surface area contributed by atoms with Gasteiger partial charge < -0.3 is 10.1 Å². The predicted molar refractivity (Wildman–Crippen MR) is 136 cm³/mol. The number of benzene rings is 2. The van der Waals surface area contributed by atoms with E-state index in [1.54, 1.807) is 0 Å². The molecule has 0 amide bonds. The lowest BCUT2D eigenvalue weighted by Gasteiger charge is -2.39. The summed E-state index contributed by atoms with van der Waals surface area (Å²) in [6, 6.07) is 15.6. The molecule has 0 spiro atoms. The lowest BCUT2D eigenvalue weighted by molar-refractivity contribution is 0.100. The molecule has 5 heteroatoms. The van der Waals surface area contributed by atoms with Gasteiger partial charge in [-0.05, 0) is 78.6 Å². The second kappa shape index (κ2) is 10.3. The van der Waals surface area contributed by atoms with Crippen LogP contribution in [0, 0.1) is 0 Å². The van der Waals surface area contributed by atoms with Crippen molar-refractivity contribution in [2.24, 2.45) is 0 Å². The van der Waals surface area contributed by atoms with Crippen molar-refractivity contribution in [2.45, 2.75) is 45.2 Å². The molecule has 5 nitrogen and oxygen atoms in total. The lowest BCUT2D eigenvalue weighted by Crippen LogP contribution is -2.49. The van der Waals surface area contributed by atoms with Gasteiger partial charge in [-0.3, -0.25) is 14.7 Å². The molecule has 2 aromatic carbocycles. The third-order valence-corrected chi connectivity index (χ3v) is 7.65. The third kappa shape index (κ3) is 5.26. The molecule has 176 valence electrons. The molecular formula is C28H38N4O. The van der Waals surface area contributed by atoms with Crippen LogP contribution in [-0.2, 0) is 19.4 Å². The van der Waals surface area contributed by atoms with Gasteiger partial charge in [0.05, 0.1) is 0 Å². The zero-order valence-electron chi connectivity index (χ0n) is 20.0. The van der Waals surface area contributed by atoms with E-state index in [0.717, 1.165) is 65.1 Å². The highest BCUT2D eigenvalue weighted by Gasteiger charge is 2.26. The number of aromatic nitrogens is 1. The summed E-state index contributed by atoms with van der Waals surface area (Å²) in [5, 5.41) is 11.5. The molecule has 2 aliphatic rings. The summed E-state index contributed by atoms with van der Waals surface area (Å²) in [5.74, 6) is 0.485. The SMILES string of the molecule is CCCN(CCN1CCN(Cc2ccc3[nH]ccc3c2)CC1)C1CCc2c(O)cccc2C1. The number of aromatic hydroxyl groups is 1. The summed E-state index contributed by atoms with van der Waals surface area (Å²) in [6.45, 7) is 11.4. The zero-order chi connectivity index (χ0) is 22.6. The smallest absolute Gasteiger partial charge is 0.119 e. The molecule has 1 atom stereocenters. The topological polar surface area (TPSA) is 45.7 Å². The largest absolute Gasteiger partial charge is 0.508 e. The number of fused-ring (bicyclic) bond motifs is 2. The minimum atomic E-state index is 0.485. The maximum Gasteiger partial charge on any atom is 0.119 e. The van der Waals surface area contributed by atoms with Crippen molar-refractivity contribution >= 4 is 10.9 Å². The normalized spacial score (nSPS) is 19.9. The van der Waals surface area contributed by atoms with Crippen molar-refractivity contribution in [3.05, 3.63) is 65.4 Å². The molecule has 1 fully saturated rings. The number of nitrogens with zero attached hydrogens (tertiary/aromatic N) is 3. The Morgan fingerprint density at radius 1 is 1.03 bits per heavy atom. The first kappa shape index (κ1) is 22.5. The number of piperazine rings is 1. The Bertz CT molecular complexity index is 1050. The van der Waals surface area contributed by atoms with Crippen molar-refractivity contribution in [3.8, 4) is 5.75 Å². The molecule has 1 aliphatic heterocycles. The van der Waals surface area contributed by atoms with E-state index in [2.05, 4.69) is 56.9 Å². The number of phenolic OH excluding ortho intramolecular Hbond substituents is 1. The van der Waals surface area contributed by atoms with Gasteiger partial charge in [0.1, 0.15) is 5.75 Å². The highest BCUT2D eigenvalue weighted by atomic mass is 16.3. The molecule has 3 aromatic rings. The van der Waals surface area contributed by atoms with Crippen molar-refractivity contribution in [3.63, 3.8) is 0 Å². The quantitative estimate of drug-likeness (QED) is 0.543. The van der Waals surface area contributed by atoms with Gasteiger partial charge in [-0.1, -0.05) is 25.1 Å². The van der Waals surface area contributed by atoms with Crippen LogP contribution in [-0.4, -0.2) is 76.6 Å². The van der Waals surface area contributed by atoms with Crippen LogP contribution in [0.4, 0.5) is 0 Å². The molecule has 5 rings (SSSR count). The van der Waals surface area contributed by atoms with Crippen molar-refractivity contribution in [1.82, 2.24) is 19.7 Å². The van der Waals surface area contributed by atoms with Gasteiger partial charge in [0.15, 0.2) is 0 Å².